The summed E-state index contributed by atoms with van der Waals surface area (Å²) in [5.74, 6) is 0. The lowest BCUT2D eigenvalue weighted by Crippen LogP contribution is -2.03. The molecule has 1 aromatic carbocycles. The summed E-state index contributed by atoms with van der Waals surface area (Å²) in [5.41, 5.74) is 5.45. The number of allylic oxidation sites excluding steroid dienone is 3. The van der Waals surface area contributed by atoms with Gasteiger partial charge in [-0.1, -0.05) is 36.9 Å². The summed E-state index contributed by atoms with van der Waals surface area (Å²) in [6.07, 6.45) is 4.42. The molecule has 1 aliphatic carbocycles. The van der Waals surface area contributed by atoms with Gasteiger partial charge in [-0.05, 0) is 42.0 Å². The Balaban J connectivity index is 2.58. The summed E-state index contributed by atoms with van der Waals surface area (Å²) in [6.45, 7) is 6.18. The highest BCUT2D eigenvalue weighted by Gasteiger charge is 2.14. The maximum atomic E-state index is 4.10. The van der Waals surface area contributed by atoms with E-state index in [9.17, 15) is 0 Å². The van der Waals surface area contributed by atoms with Gasteiger partial charge in [0.15, 0.2) is 0 Å². The van der Waals surface area contributed by atoms with Crippen LogP contribution in [0, 0.1) is 0 Å². The molecule has 13 heavy (non-hydrogen) atoms. The molecule has 1 aromatic rings. The van der Waals surface area contributed by atoms with Gasteiger partial charge in [-0.3, -0.25) is 0 Å². The molecule has 0 N–H and O–H groups in total. The summed E-state index contributed by atoms with van der Waals surface area (Å²) in [6, 6.07) is 8.61. The van der Waals surface area contributed by atoms with Gasteiger partial charge in [0.2, 0.25) is 0 Å². The van der Waals surface area contributed by atoms with Gasteiger partial charge in [0.1, 0.15) is 0 Å². The second-order valence-corrected chi connectivity index (χ2v) is 3.46. The first kappa shape index (κ1) is 8.31. The molecule has 0 amide bonds. The number of hydrogen-bond donors (Lipinski definition) is 0. The standard InChI is InChI=1S/C13H14/c1-3-12-10(2)8-9-11-6-4-5-7-13(11)12/h3-7H,2,8-9H2,1H3/b12-3-. The van der Waals surface area contributed by atoms with Gasteiger partial charge in [-0.25, -0.2) is 0 Å². The van der Waals surface area contributed by atoms with Crippen LogP contribution in [0.2, 0.25) is 0 Å². The van der Waals surface area contributed by atoms with Crippen LogP contribution < -0.4 is 0 Å². The lowest BCUT2D eigenvalue weighted by atomic mass is 9.84. The van der Waals surface area contributed by atoms with Crippen LogP contribution in [0.4, 0.5) is 0 Å². The summed E-state index contributed by atoms with van der Waals surface area (Å²) in [4.78, 5) is 0. The van der Waals surface area contributed by atoms with Gasteiger partial charge < -0.3 is 0 Å². The molecule has 1 aliphatic rings. The third kappa shape index (κ3) is 1.33. The summed E-state index contributed by atoms with van der Waals surface area (Å²) in [5, 5.41) is 0. The molecule has 0 unspecified atom stereocenters. The smallest absolute Gasteiger partial charge is 0.0153 e. The Morgan fingerprint density at radius 1 is 1.23 bits per heavy atom. The molecular weight excluding hydrogens is 156 g/mol. The minimum absolute atomic E-state index is 1.11. The molecular formula is C13H14. The lowest BCUT2D eigenvalue weighted by molar-refractivity contribution is 0.942. The van der Waals surface area contributed by atoms with Crippen molar-refractivity contribution in [1.29, 1.82) is 0 Å². The molecule has 0 atom stereocenters. The van der Waals surface area contributed by atoms with Gasteiger partial charge in [-0.15, -0.1) is 0 Å². The van der Waals surface area contributed by atoms with Crippen molar-refractivity contribution in [3.8, 4) is 0 Å². The van der Waals surface area contributed by atoms with Gasteiger partial charge in [0, 0.05) is 0 Å². The monoisotopic (exact) mass is 170 g/mol. The second-order valence-electron chi connectivity index (χ2n) is 3.46. The molecule has 66 valence electrons. The lowest BCUT2D eigenvalue weighted by Gasteiger charge is -2.20. The maximum absolute atomic E-state index is 4.10. The van der Waals surface area contributed by atoms with Crippen molar-refractivity contribution >= 4 is 5.57 Å². The predicted octanol–water partition coefficient (Wildman–Crippen LogP) is 3.59. The maximum Gasteiger partial charge on any atom is -0.0153 e. The zero-order valence-electron chi connectivity index (χ0n) is 8.01. The molecule has 0 fully saturated rings. The Bertz CT molecular complexity index is 369. The molecule has 0 saturated heterocycles. The zero-order valence-corrected chi connectivity index (χ0v) is 8.01. The fourth-order valence-electron chi connectivity index (χ4n) is 1.97. The largest absolute Gasteiger partial charge is 0.0952 e. The predicted molar refractivity (Wildman–Crippen MR) is 57.6 cm³/mol. The Labute approximate surface area is 79.6 Å². The Morgan fingerprint density at radius 3 is 2.77 bits per heavy atom. The summed E-state index contributed by atoms with van der Waals surface area (Å²) >= 11 is 0. The average Bonchev–Trinajstić information content (AvgIpc) is 2.18. The number of hydrogen-bond acceptors (Lipinski definition) is 0. The molecule has 2 rings (SSSR count). The van der Waals surface area contributed by atoms with Crippen LogP contribution in [0.5, 0.6) is 0 Å². The molecule has 0 nitrogen and oxygen atoms in total. The van der Waals surface area contributed by atoms with Crippen LogP contribution in [-0.2, 0) is 6.42 Å². The first-order valence-electron chi connectivity index (χ1n) is 4.75. The van der Waals surface area contributed by atoms with E-state index in [0.717, 1.165) is 12.8 Å². The van der Waals surface area contributed by atoms with Crippen molar-refractivity contribution in [1.82, 2.24) is 0 Å². The fraction of sp³-hybridized carbons (Fsp3) is 0.231. The van der Waals surface area contributed by atoms with Gasteiger partial charge in [-0.2, -0.15) is 0 Å². The van der Waals surface area contributed by atoms with Crippen molar-refractivity contribution in [2.75, 3.05) is 0 Å². The second kappa shape index (κ2) is 3.21. The third-order valence-electron chi connectivity index (χ3n) is 2.67. The molecule has 0 saturated carbocycles. The van der Waals surface area contributed by atoms with E-state index in [0.29, 0.717) is 0 Å². The first-order valence-corrected chi connectivity index (χ1v) is 4.75. The molecule has 0 aromatic heterocycles. The normalized spacial score (nSPS) is 18.8. The Hall–Kier alpha value is -1.30. The summed E-state index contributed by atoms with van der Waals surface area (Å²) < 4.78 is 0. The van der Waals surface area contributed by atoms with E-state index in [4.69, 9.17) is 0 Å². The number of aryl methyl sites for hydroxylation is 1. The van der Waals surface area contributed by atoms with E-state index >= 15 is 0 Å². The van der Waals surface area contributed by atoms with Crippen molar-refractivity contribution in [3.05, 3.63) is 53.6 Å². The van der Waals surface area contributed by atoms with Crippen LogP contribution in [0.15, 0.2) is 42.5 Å². The van der Waals surface area contributed by atoms with Crippen molar-refractivity contribution in [2.24, 2.45) is 0 Å². The van der Waals surface area contributed by atoms with Crippen molar-refractivity contribution < 1.29 is 0 Å². The van der Waals surface area contributed by atoms with Crippen LogP contribution in [0.25, 0.3) is 5.57 Å². The van der Waals surface area contributed by atoms with Crippen LogP contribution >= 0.6 is 0 Å². The molecule has 0 spiro atoms. The molecule has 0 aliphatic heterocycles. The van der Waals surface area contributed by atoms with Gasteiger partial charge in [0.25, 0.3) is 0 Å². The summed E-state index contributed by atoms with van der Waals surface area (Å²) in [7, 11) is 0. The Kier molecular flexibility index (Phi) is 2.05. The van der Waals surface area contributed by atoms with Crippen molar-refractivity contribution in [3.63, 3.8) is 0 Å². The molecule has 0 heteroatoms. The van der Waals surface area contributed by atoms with Crippen LogP contribution in [0.1, 0.15) is 24.5 Å². The van der Waals surface area contributed by atoms with Crippen molar-refractivity contribution in [2.45, 2.75) is 19.8 Å². The Morgan fingerprint density at radius 2 is 2.00 bits per heavy atom. The molecule has 0 heterocycles. The van der Waals surface area contributed by atoms with Crippen LogP contribution in [-0.4, -0.2) is 0 Å². The molecule has 0 radical (unpaired) electrons. The fourth-order valence-corrected chi connectivity index (χ4v) is 1.97. The highest BCUT2D eigenvalue weighted by atomic mass is 14.2. The minimum Gasteiger partial charge on any atom is -0.0952 e. The number of rotatable bonds is 0. The van der Waals surface area contributed by atoms with E-state index in [1.54, 1.807) is 0 Å². The van der Waals surface area contributed by atoms with Gasteiger partial charge in [0.05, 0.1) is 0 Å². The number of benzene rings is 1. The van der Waals surface area contributed by atoms with E-state index in [-0.39, 0.29) is 0 Å². The average molecular weight is 170 g/mol. The molecule has 0 bridgehead atoms. The van der Waals surface area contributed by atoms with E-state index < -0.39 is 0 Å². The topological polar surface area (TPSA) is 0 Å². The SMILES string of the molecule is C=C1CCc2ccccc2/C1=C\C. The van der Waals surface area contributed by atoms with Gasteiger partial charge >= 0.3 is 0 Å². The van der Waals surface area contributed by atoms with E-state index in [1.807, 2.05) is 0 Å². The third-order valence-corrected chi connectivity index (χ3v) is 2.67. The van der Waals surface area contributed by atoms with E-state index in [2.05, 4.69) is 43.8 Å². The highest BCUT2D eigenvalue weighted by Crippen LogP contribution is 2.33. The first-order chi connectivity index (χ1) is 6.33. The quantitative estimate of drug-likeness (QED) is 0.558. The van der Waals surface area contributed by atoms with E-state index in [1.165, 1.54) is 22.3 Å². The highest BCUT2D eigenvalue weighted by molar-refractivity contribution is 5.81. The minimum atomic E-state index is 1.11. The zero-order chi connectivity index (χ0) is 9.26. The number of fused-ring (bicyclic) bond motifs is 1. The van der Waals surface area contributed by atoms with Crippen LogP contribution in [0.3, 0.4) is 0 Å².